The number of halogens is 3. The maximum Gasteiger partial charge on any atom is 0.387 e. The molecule has 9 heteroatoms. The summed E-state index contributed by atoms with van der Waals surface area (Å²) in [5.74, 6) is -0.942. The topological polar surface area (TPSA) is 69.6 Å². The number of carbonyl (C=O) groups is 1. The summed E-state index contributed by atoms with van der Waals surface area (Å²) in [6, 6.07) is 8.04. The molecule has 172 valence electrons. The van der Waals surface area contributed by atoms with Gasteiger partial charge in [0.2, 0.25) is 5.43 Å². The van der Waals surface area contributed by atoms with Gasteiger partial charge in [0.15, 0.2) is 5.75 Å². The summed E-state index contributed by atoms with van der Waals surface area (Å²) in [7, 11) is 1.18. The second kappa shape index (κ2) is 8.22. The third-order valence-electron chi connectivity index (χ3n) is 6.13. The van der Waals surface area contributed by atoms with Crippen LogP contribution in [0.2, 0.25) is 0 Å². The Hall–Kier alpha value is -3.33. The van der Waals surface area contributed by atoms with E-state index < -0.39 is 24.2 Å². The fourth-order valence-corrected chi connectivity index (χ4v) is 4.43. The van der Waals surface area contributed by atoms with Crippen LogP contribution in [0.4, 0.5) is 13.2 Å². The molecule has 1 N–H and O–H groups in total. The van der Waals surface area contributed by atoms with E-state index in [0.29, 0.717) is 23.2 Å². The van der Waals surface area contributed by atoms with Crippen LogP contribution in [0.5, 0.6) is 5.75 Å². The summed E-state index contributed by atoms with van der Waals surface area (Å²) in [4.78, 5) is 25.2. The molecule has 1 saturated carbocycles. The van der Waals surface area contributed by atoms with Crippen LogP contribution in [0.15, 0.2) is 41.3 Å². The van der Waals surface area contributed by atoms with E-state index in [0.717, 1.165) is 18.4 Å². The van der Waals surface area contributed by atoms with Gasteiger partial charge < -0.3 is 19.4 Å². The van der Waals surface area contributed by atoms with Crippen LogP contribution in [0.25, 0.3) is 22.0 Å². The first-order chi connectivity index (χ1) is 15.9. The van der Waals surface area contributed by atoms with Gasteiger partial charge in [0.1, 0.15) is 11.7 Å². The van der Waals surface area contributed by atoms with E-state index in [4.69, 9.17) is 9.47 Å². The molecule has 0 radical (unpaired) electrons. The highest BCUT2D eigenvalue weighted by molar-refractivity contribution is 5.98. The van der Waals surface area contributed by atoms with Gasteiger partial charge in [-0.2, -0.15) is 8.78 Å². The highest BCUT2D eigenvalue weighted by Gasteiger charge is 2.30. The number of esters is 1. The molecular weight excluding hydrogens is 437 g/mol. The zero-order valence-corrected chi connectivity index (χ0v) is 17.7. The predicted octanol–water partition coefficient (Wildman–Crippen LogP) is 4.51. The minimum atomic E-state index is -3.13. The second-order valence-corrected chi connectivity index (χ2v) is 8.23. The number of alkyl halides is 3. The number of nitrogens with zero attached hydrogens (tertiary/aromatic N) is 1. The van der Waals surface area contributed by atoms with Crippen molar-refractivity contribution in [1.29, 1.82) is 0 Å². The molecule has 0 amide bonds. The SMILES string of the molecule is COC(=O)c1cn(C2CC2)c2c(OC(F)F)c(-c3ccc4c(c3)CNC[C@H]4F)ccc2c1=O. The molecule has 1 aromatic heterocycles. The van der Waals surface area contributed by atoms with E-state index in [-0.39, 0.29) is 34.8 Å². The van der Waals surface area contributed by atoms with Gasteiger partial charge in [-0.25, -0.2) is 9.18 Å². The van der Waals surface area contributed by atoms with Gasteiger partial charge in [-0.1, -0.05) is 12.1 Å². The summed E-state index contributed by atoms with van der Waals surface area (Å²) in [6.45, 7) is -2.46. The summed E-state index contributed by atoms with van der Waals surface area (Å²) >= 11 is 0. The number of rotatable bonds is 5. The van der Waals surface area contributed by atoms with Gasteiger partial charge in [-0.05, 0) is 47.7 Å². The van der Waals surface area contributed by atoms with Crippen LogP contribution in [-0.2, 0) is 11.3 Å². The lowest BCUT2D eigenvalue weighted by Gasteiger charge is -2.23. The van der Waals surface area contributed by atoms with Crippen molar-refractivity contribution in [2.24, 2.45) is 0 Å². The van der Waals surface area contributed by atoms with Crippen molar-refractivity contribution in [3.8, 4) is 16.9 Å². The van der Waals surface area contributed by atoms with E-state index in [1.54, 1.807) is 22.8 Å². The molecule has 2 heterocycles. The highest BCUT2D eigenvalue weighted by atomic mass is 19.3. The third-order valence-corrected chi connectivity index (χ3v) is 6.13. The second-order valence-electron chi connectivity index (χ2n) is 8.23. The normalized spacial score (nSPS) is 17.8. The average molecular weight is 458 g/mol. The Morgan fingerprint density at radius 3 is 2.70 bits per heavy atom. The number of benzene rings is 2. The molecule has 33 heavy (non-hydrogen) atoms. The summed E-state index contributed by atoms with van der Waals surface area (Å²) in [5, 5.41) is 3.08. The van der Waals surface area contributed by atoms with Gasteiger partial charge in [0.25, 0.3) is 0 Å². The molecule has 0 saturated heterocycles. The lowest BCUT2D eigenvalue weighted by molar-refractivity contribution is -0.0486. The monoisotopic (exact) mass is 458 g/mol. The van der Waals surface area contributed by atoms with Gasteiger partial charge >= 0.3 is 12.6 Å². The standard InChI is InChI=1S/C24H21F3N2O4/c1-32-23(31)18-11-29(14-3-4-14)20-17(21(18)30)7-6-16(22(20)33-24(26)27)12-2-5-15-13(8-12)9-28-10-19(15)25/h2,5-8,11,14,19,24,28H,3-4,9-10H2,1H3/t19-/m1/s1. The molecule has 3 aromatic rings. The number of carbonyl (C=O) groups excluding carboxylic acids is 1. The first-order valence-corrected chi connectivity index (χ1v) is 10.6. The molecule has 2 aliphatic rings. The molecular formula is C24H21F3N2O4. The number of ether oxygens (including phenoxy) is 2. The van der Waals surface area contributed by atoms with E-state index in [9.17, 15) is 22.8 Å². The number of hydrogen-bond donors (Lipinski definition) is 1. The molecule has 5 rings (SSSR count). The number of nitrogens with one attached hydrogen (secondary N) is 1. The number of pyridine rings is 1. The average Bonchev–Trinajstić information content (AvgIpc) is 3.64. The fraction of sp³-hybridized carbons (Fsp3) is 0.333. The zero-order chi connectivity index (χ0) is 23.3. The van der Waals surface area contributed by atoms with Gasteiger partial charge in [0.05, 0.1) is 18.0 Å². The number of hydrogen-bond acceptors (Lipinski definition) is 5. The smallest absolute Gasteiger partial charge is 0.387 e. The number of fused-ring (bicyclic) bond motifs is 2. The van der Waals surface area contributed by atoms with Crippen molar-refractivity contribution in [3.63, 3.8) is 0 Å². The molecule has 1 atom stereocenters. The summed E-state index contributed by atoms with van der Waals surface area (Å²) in [5.41, 5.74) is 1.63. The van der Waals surface area contributed by atoms with Crippen LogP contribution in [0.3, 0.4) is 0 Å². The Labute approximate surface area is 186 Å². The molecule has 0 unspecified atom stereocenters. The molecule has 1 aliphatic carbocycles. The molecule has 0 bridgehead atoms. The molecule has 0 spiro atoms. The predicted molar refractivity (Wildman–Crippen MR) is 115 cm³/mol. The molecule has 1 fully saturated rings. The van der Waals surface area contributed by atoms with Crippen molar-refractivity contribution in [2.75, 3.05) is 13.7 Å². The molecule has 1 aliphatic heterocycles. The van der Waals surface area contributed by atoms with Crippen molar-refractivity contribution >= 4 is 16.9 Å². The van der Waals surface area contributed by atoms with Gasteiger partial charge in [-0.3, -0.25) is 4.79 Å². The first-order valence-electron chi connectivity index (χ1n) is 10.6. The Balaban J connectivity index is 1.78. The molecule has 2 aromatic carbocycles. The van der Waals surface area contributed by atoms with E-state index in [1.165, 1.54) is 25.4 Å². The van der Waals surface area contributed by atoms with Crippen LogP contribution in [0, 0.1) is 0 Å². The maximum absolute atomic E-state index is 14.2. The quantitative estimate of drug-likeness (QED) is 0.570. The zero-order valence-electron chi connectivity index (χ0n) is 17.7. The minimum Gasteiger partial charge on any atom is -0.465 e. The Morgan fingerprint density at radius 1 is 1.21 bits per heavy atom. The van der Waals surface area contributed by atoms with Crippen molar-refractivity contribution in [2.45, 2.75) is 38.2 Å². The summed E-state index contributed by atoms with van der Waals surface area (Å²) < 4.78 is 52.7. The molecule has 6 nitrogen and oxygen atoms in total. The Bertz CT molecular complexity index is 1320. The Morgan fingerprint density at radius 2 is 2.00 bits per heavy atom. The van der Waals surface area contributed by atoms with Crippen LogP contribution >= 0.6 is 0 Å². The van der Waals surface area contributed by atoms with Crippen LogP contribution in [-0.4, -0.2) is 30.8 Å². The highest BCUT2D eigenvalue weighted by Crippen LogP contribution is 2.43. The van der Waals surface area contributed by atoms with E-state index in [2.05, 4.69) is 5.32 Å². The fourth-order valence-electron chi connectivity index (χ4n) is 4.43. The number of methoxy groups -OCH3 is 1. The van der Waals surface area contributed by atoms with Crippen molar-refractivity contribution < 1.29 is 27.4 Å². The Kier molecular flexibility index (Phi) is 5.36. The van der Waals surface area contributed by atoms with E-state index in [1.807, 2.05) is 0 Å². The van der Waals surface area contributed by atoms with Crippen molar-refractivity contribution in [3.05, 3.63) is 63.4 Å². The minimum absolute atomic E-state index is 0.0493. The van der Waals surface area contributed by atoms with Crippen molar-refractivity contribution in [1.82, 2.24) is 9.88 Å². The van der Waals surface area contributed by atoms with Gasteiger partial charge in [-0.15, -0.1) is 0 Å². The number of aromatic nitrogens is 1. The van der Waals surface area contributed by atoms with Gasteiger partial charge in [0, 0.05) is 30.9 Å². The maximum atomic E-state index is 14.2. The third kappa shape index (κ3) is 3.76. The summed E-state index contributed by atoms with van der Waals surface area (Å²) in [6.07, 6.45) is 1.77. The lowest BCUT2D eigenvalue weighted by Crippen LogP contribution is -2.26. The van der Waals surface area contributed by atoms with Crippen LogP contribution < -0.4 is 15.5 Å². The van der Waals surface area contributed by atoms with Crippen LogP contribution in [0.1, 0.15) is 46.5 Å². The lowest BCUT2D eigenvalue weighted by atomic mass is 9.93. The first kappa shape index (κ1) is 21.5. The largest absolute Gasteiger partial charge is 0.465 e. The van der Waals surface area contributed by atoms with E-state index >= 15 is 0 Å².